The predicted molar refractivity (Wildman–Crippen MR) is 96.5 cm³/mol. The molecule has 0 aliphatic carbocycles. The number of carbonyl (C=O) groups excluding carboxylic acids is 1. The highest BCUT2D eigenvalue weighted by Crippen LogP contribution is 2.39. The number of carbonyl (C=O) groups is 1. The van der Waals surface area contributed by atoms with Crippen LogP contribution in [0.25, 0.3) is 12.2 Å². The number of benzene rings is 2. The third-order valence-electron chi connectivity index (χ3n) is 3.88. The van der Waals surface area contributed by atoms with E-state index < -0.39 is 0 Å². The first kappa shape index (κ1) is 16.1. The van der Waals surface area contributed by atoms with Crippen molar-refractivity contribution in [1.82, 2.24) is 0 Å². The fourth-order valence-electron chi connectivity index (χ4n) is 2.67. The van der Waals surface area contributed by atoms with Crippen molar-refractivity contribution in [3.05, 3.63) is 71.3 Å². The summed E-state index contributed by atoms with van der Waals surface area (Å²) in [5, 5.41) is 0. The van der Waals surface area contributed by atoms with E-state index >= 15 is 0 Å². The van der Waals surface area contributed by atoms with Crippen LogP contribution in [0, 0.1) is 0 Å². The van der Waals surface area contributed by atoms with E-state index in [0.717, 1.165) is 16.9 Å². The molecule has 3 heteroatoms. The van der Waals surface area contributed by atoms with Crippen molar-refractivity contribution in [2.45, 2.75) is 19.4 Å². The molecule has 0 saturated heterocycles. The summed E-state index contributed by atoms with van der Waals surface area (Å²) in [4.78, 5) is 12.6. The van der Waals surface area contributed by atoms with Gasteiger partial charge in [0, 0.05) is 0 Å². The van der Waals surface area contributed by atoms with Crippen LogP contribution in [-0.2, 0) is 0 Å². The number of rotatable bonds is 4. The van der Waals surface area contributed by atoms with Crippen LogP contribution >= 0.6 is 0 Å². The van der Waals surface area contributed by atoms with Crippen molar-refractivity contribution < 1.29 is 14.3 Å². The molecule has 0 fully saturated rings. The molecule has 3 nitrogen and oxygen atoms in total. The second kappa shape index (κ2) is 6.36. The Balaban J connectivity index is 1.94. The molecule has 24 heavy (non-hydrogen) atoms. The third kappa shape index (κ3) is 3.25. The maximum Gasteiger partial charge on any atom is 0.189 e. The maximum atomic E-state index is 12.6. The molecule has 0 saturated carbocycles. The number of ketones is 1. The van der Waals surface area contributed by atoms with Crippen molar-refractivity contribution in [2.24, 2.45) is 0 Å². The van der Waals surface area contributed by atoms with Gasteiger partial charge in [-0.25, -0.2) is 0 Å². The summed E-state index contributed by atoms with van der Waals surface area (Å²) in [6.07, 6.45) is 7.29. The molecule has 0 aromatic heterocycles. The first-order chi connectivity index (χ1) is 11.5. The van der Waals surface area contributed by atoms with Crippen molar-refractivity contribution >= 4 is 17.9 Å². The van der Waals surface area contributed by atoms with Crippen molar-refractivity contribution in [3.63, 3.8) is 0 Å². The lowest BCUT2D eigenvalue weighted by molar-refractivity contribution is 0.104. The molecular weight excluding hydrogens is 300 g/mol. The van der Waals surface area contributed by atoms with Crippen molar-refractivity contribution in [1.29, 1.82) is 0 Å². The summed E-state index contributed by atoms with van der Waals surface area (Å²) in [5.41, 5.74) is 1.94. The molecule has 0 N–H and O–H groups in total. The molecule has 0 radical (unpaired) electrons. The summed E-state index contributed by atoms with van der Waals surface area (Å²) in [7, 11) is 1.57. The molecule has 1 aliphatic rings. The van der Waals surface area contributed by atoms with Gasteiger partial charge in [0.25, 0.3) is 0 Å². The molecule has 2 aromatic rings. The van der Waals surface area contributed by atoms with Crippen LogP contribution in [0.15, 0.2) is 54.6 Å². The standard InChI is InChI=1S/C21H20O3/c1-21(2)14-13-17-19(24-21)12-10-16(20(17)23-3)18(22)11-9-15-7-5-4-6-8-15/h4-14H,1-3H3. The second-order valence-electron chi connectivity index (χ2n) is 6.21. The molecule has 0 unspecified atom stereocenters. The van der Waals surface area contributed by atoms with Crippen LogP contribution < -0.4 is 9.47 Å². The minimum Gasteiger partial charge on any atom is -0.495 e. The number of hydrogen-bond acceptors (Lipinski definition) is 3. The highest BCUT2D eigenvalue weighted by atomic mass is 16.5. The van der Waals surface area contributed by atoms with E-state index in [1.165, 1.54) is 0 Å². The topological polar surface area (TPSA) is 35.5 Å². The van der Waals surface area contributed by atoms with Crippen LogP contribution in [0.1, 0.15) is 35.3 Å². The van der Waals surface area contributed by atoms with Gasteiger partial charge in [-0.15, -0.1) is 0 Å². The van der Waals surface area contributed by atoms with Crippen molar-refractivity contribution in [2.75, 3.05) is 7.11 Å². The molecule has 0 amide bonds. The van der Waals surface area contributed by atoms with Gasteiger partial charge in [0.15, 0.2) is 5.78 Å². The Labute approximate surface area is 142 Å². The predicted octanol–water partition coefficient (Wildman–Crippen LogP) is 4.78. The Morgan fingerprint density at radius 1 is 1.12 bits per heavy atom. The molecular formula is C21H20O3. The van der Waals surface area contributed by atoms with Gasteiger partial charge in [-0.05, 0) is 49.8 Å². The van der Waals surface area contributed by atoms with E-state index in [-0.39, 0.29) is 11.4 Å². The van der Waals surface area contributed by atoms with Gasteiger partial charge >= 0.3 is 0 Å². The number of ether oxygens (including phenoxy) is 2. The van der Waals surface area contributed by atoms with Crippen LogP contribution in [0.4, 0.5) is 0 Å². The lowest BCUT2D eigenvalue weighted by Crippen LogP contribution is -2.27. The highest BCUT2D eigenvalue weighted by molar-refractivity contribution is 6.09. The quantitative estimate of drug-likeness (QED) is 0.601. The zero-order chi connectivity index (χ0) is 17.2. The van der Waals surface area contributed by atoms with E-state index in [1.807, 2.05) is 62.4 Å². The van der Waals surface area contributed by atoms with Gasteiger partial charge < -0.3 is 9.47 Å². The summed E-state index contributed by atoms with van der Waals surface area (Å²) in [5.74, 6) is 1.17. The monoisotopic (exact) mass is 320 g/mol. The first-order valence-electron chi connectivity index (χ1n) is 7.87. The molecule has 0 bridgehead atoms. The Morgan fingerprint density at radius 2 is 1.88 bits per heavy atom. The normalized spacial score (nSPS) is 15.0. The van der Waals surface area contributed by atoms with E-state index in [2.05, 4.69) is 0 Å². The minimum atomic E-state index is -0.364. The summed E-state index contributed by atoms with van der Waals surface area (Å²) >= 11 is 0. The molecule has 2 aromatic carbocycles. The lowest BCUT2D eigenvalue weighted by Gasteiger charge is -2.29. The lowest BCUT2D eigenvalue weighted by atomic mass is 9.98. The van der Waals surface area contributed by atoms with Crippen molar-refractivity contribution in [3.8, 4) is 11.5 Å². The van der Waals surface area contributed by atoms with Crippen LogP contribution in [0.3, 0.4) is 0 Å². The summed E-state index contributed by atoms with van der Waals surface area (Å²) in [6.45, 7) is 3.97. The van der Waals surface area contributed by atoms with Gasteiger partial charge in [0.2, 0.25) is 0 Å². The Kier molecular flexibility index (Phi) is 4.26. The van der Waals surface area contributed by atoms with Gasteiger partial charge in [0.05, 0.1) is 18.2 Å². The fourth-order valence-corrected chi connectivity index (χ4v) is 2.67. The Hall–Kier alpha value is -2.81. The fraction of sp³-hybridized carbons (Fsp3) is 0.190. The number of hydrogen-bond donors (Lipinski definition) is 0. The zero-order valence-electron chi connectivity index (χ0n) is 14.1. The average Bonchev–Trinajstić information content (AvgIpc) is 2.58. The largest absolute Gasteiger partial charge is 0.495 e. The number of allylic oxidation sites excluding steroid dienone is 1. The molecule has 1 aliphatic heterocycles. The molecule has 122 valence electrons. The van der Waals surface area contributed by atoms with Gasteiger partial charge in [-0.1, -0.05) is 36.4 Å². The summed E-state index contributed by atoms with van der Waals surface area (Å²) in [6, 6.07) is 13.3. The molecule has 1 heterocycles. The van der Waals surface area contributed by atoms with E-state index in [9.17, 15) is 4.79 Å². The number of methoxy groups -OCH3 is 1. The van der Waals surface area contributed by atoms with Crippen LogP contribution in [-0.4, -0.2) is 18.5 Å². The highest BCUT2D eigenvalue weighted by Gasteiger charge is 2.26. The SMILES string of the molecule is COc1c(C(=O)C=Cc2ccccc2)ccc2c1C=CC(C)(C)O2. The Morgan fingerprint density at radius 3 is 2.58 bits per heavy atom. The van der Waals surface area contributed by atoms with Crippen LogP contribution in [0.5, 0.6) is 11.5 Å². The molecule has 0 atom stereocenters. The smallest absolute Gasteiger partial charge is 0.189 e. The molecule has 0 spiro atoms. The zero-order valence-corrected chi connectivity index (χ0v) is 14.1. The Bertz CT molecular complexity index is 814. The maximum absolute atomic E-state index is 12.6. The average molecular weight is 320 g/mol. The third-order valence-corrected chi connectivity index (χ3v) is 3.88. The molecule has 3 rings (SSSR count). The first-order valence-corrected chi connectivity index (χ1v) is 7.87. The van der Waals surface area contributed by atoms with Gasteiger partial charge in [-0.3, -0.25) is 4.79 Å². The summed E-state index contributed by atoms with van der Waals surface area (Å²) < 4.78 is 11.4. The van der Waals surface area contributed by atoms with E-state index in [0.29, 0.717) is 11.3 Å². The number of fused-ring (bicyclic) bond motifs is 1. The minimum absolute atomic E-state index is 0.100. The van der Waals surface area contributed by atoms with Crippen LogP contribution in [0.2, 0.25) is 0 Å². The van der Waals surface area contributed by atoms with Gasteiger partial charge in [-0.2, -0.15) is 0 Å². The van der Waals surface area contributed by atoms with E-state index in [1.54, 1.807) is 25.3 Å². The second-order valence-corrected chi connectivity index (χ2v) is 6.21. The van der Waals surface area contributed by atoms with Gasteiger partial charge in [0.1, 0.15) is 17.1 Å². The van der Waals surface area contributed by atoms with E-state index in [4.69, 9.17) is 9.47 Å².